The van der Waals surface area contributed by atoms with Crippen LogP contribution in [0.15, 0.2) is 12.7 Å². The Kier molecular flexibility index (Phi) is 4.05. The van der Waals surface area contributed by atoms with Crippen LogP contribution < -0.4 is 0 Å². The molecular weight excluding hydrogens is 267 g/mol. The number of alkyl halides is 1. The van der Waals surface area contributed by atoms with Crippen LogP contribution in [0.4, 0.5) is 0 Å². The van der Waals surface area contributed by atoms with Gasteiger partial charge in [-0.3, -0.25) is 0 Å². The summed E-state index contributed by atoms with van der Waals surface area (Å²) in [7, 11) is 0. The van der Waals surface area contributed by atoms with Crippen LogP contribution in [0.5, 0.6) is 0 Å². The Hall–Kier alpha value is -0.0600. The fourth-order valence-electron chi connectivity index (χ4n) is 1.38. The molecule has 2 unspecified atom stereocenters. The van der Waals surface area contributed by atoms with Gasteiger partial charge in [0.25, 0.3) is 0 Å². The van der Waals surface area contributed by atoms with Crippen molar-refractivity contribution in [2.75, 3.05) is 0 Å². The van der Waals surface area contributed by atoms with E-state index >= 15 is 0 Å². The smallest absolute Gasteiger partial charge is 0.330 e. The zero-order chi connectivity index (χ0) is 8.97. The van der Waals surface area contributed by atoms with Crippen molar-refractivity contribution in [1.82, 2.24) is 0 Å². The molecule has 0 radical (unpaired) electrons. The lowest BCUT2D eigenvalue weighted by molar-refractivity contribution is -0.143. The normalized spacial score (nSPS) is 29.4. The van der Waals surface area contributed by atoms with E-state index in [4.69, 9.17) is 4.74 Å². The maximum atomic E-state index is 10.9. The number of esters is 1. The van der Waals surface area contributed by atoms with Gasteiger partial charge in [-0.05, 0) is 19.3 Å². The molecule has 3 heteroatoms. The SMILES string of the molecule is C=CC(=O)OC1CCCCC1I. The van der Waals surface area contributed by atoms with Crippen LogP contribution in [-0.2, 0) is 9.53 Å². The Balaban J connectivity index is 2.38. The van der Waals surface area contributed by atoms with E-state index in [0.717, 1.165) is 12.8 Å². The third kappa shape index (κ3) is 2.77. The van der Waals surface area contributed by atoms with Crippen molar-refractivity contribution in [3.63, 3.8) is 0 Å². The summed E-state index contributed by atoms with van der Waals surface area (Å²) in [5.74, 6) is -0.288. The van der Waals surface area contributed by atoms with E-state index < -0.39 is 0 Å². The standard InChI is InChI=1S/C9H13IO2/c1-2-9(11)12-8-6-4-3-5-7(8)10/h2,7-8H,1,3-6H2. The van der Waals surface area contributed by atoms with Crippen LogP contribution in [0.25, 0.3) is 0 Å². The summed E-state index contributed by atoms with van der Waals surface area (Å²) in [5, 5.41) is 0. The predicted molar refractivity (Wildman–Crippen MR) is 56.4 cm³/mol. The van der Waals surface area contributed by atoms with Gasteiger partial charge in [-0.15, -0.1) is 0 Å². The highest BCUT2D eigenvalue weighted by Gasteiger charge is 2.24. The Morgan fingerprint density at radius 1 is 1.50 bits per heavy atom. The van der Waals surface area contributed by atoms with Crippen molar-refractivity contribution in [2.24, 2.45) is 0 Å². The molecule has 0 spiro atoms. The molecule has 12 heavy (non-hydrogen) atoms. The summed E-state index contributed by atoms with van der Waals surface area (Å²) in [6.45, 7) is 3.37. The second-order valence-electron chi connectivity index (χ2n) is 2.98. The lowest BCUT2D eigenvalue weighted by Crippen LogP contribution is -2.29. The molecule has 0 bridgehead atoms. The summed E-state index contributed by atoms with van der Waals surface area (Å²) in [6, 6.07) is 0. The number of halogens is 1. The highest BCUT2D eigenvalue weighted by atomic mass is 127. The summed E-state index contributed by atoms with van der Waals surface area (Å²) in [6.07, 6.45) is 5.95. The van der Waals surface area contributed by atoms with Crippen molar-refractivity contribution < 1.29 is 9.53 Å². The van der Waals surface area contributed by atoms with Crippen LogP contribution in [0.1, 0.15) is 25.7 Å². The molecule has 1 rings (SSSR count). The minimum atomic E-state index is -0.288. The number of carbonyl (C=O) groups is 1. The fraction of sp³-hybridized carbons (Fsp3) is 0.667. The van der Waals surface area contributed by atoms with Gasteiger partial charge in [-0.25, -0.2) is 4.79 Å². The molecule has 0 N–H and O–H groups in total. The van der Waals surface area contributed by atoms with Gasteiger partial charge in [-0.2, -0.15) is 0 Å². The molecule has 0 aromatic carbocycles. The Bertz CT molecular complexity index is 179. The predicted octanol–water partition coefficient (Wildman–Crippen LogP) is 2.46. The summed E-state index contributed by atoms with van der Waals surface area (Å²) in [4.78, 5) is 10.9. The minimum Gasteiger partial charge on any atom is -0.458 e. The van der Waals surface area contributed by atoms with Crippen molar-refractivity contribution in [1.29, 1.82) is 0 Å². The molecular formula is C9H13IO2. The average molecular weight is 280 g/mol. The van der Waals surface area contributed by atoms with E-state index in [1.807, 2.05) is 0 Å². The van der Waals surface area contributed by atoms with Gasteiger partial charge < -0.3 is 4.74 Å². The molecule has 0 amide bonds. The number of carbonyl (C=O) groups excluding carboxylic acids is 1. The first kappa shape index (κ1) is 10.0. The molecule has 2 atom stereocenters. The molecule has 2 nitrogen and oxygen atoms in total. The molecule has 0 saturated heterocycles. The molecule has 1 saturated carbocycles. The van der Waals surface area contributed by atoms with Crippen LogP contribution in [0, 0.1) is 0 Å². The molecule has 1 fully saturated rings. The summed E-state index contributed by atoms with van der Waals surface area (Å²) < 4.78 is 5.67. The lowest BCUT2D eigenvalue weighted by Gasteiger charge is -2.26. The highest BCUT2D eigenvalue weighted by Crippen LogP contribution is 2.27. The van der Waals surface area contributed by atoms with Gasteiger partial charge in [0.1, 0.15) is 6.10 Å². The van der Waals surface area contributed by atoms with Gasteiger partial charge in [-0.1, -0.05) is 35.6 Å². The zero-order valence-electron chi connectivity index (χ0n) is 6.96. The third-order valence-electron chi connectivity index (χ3n) is 2.06. The minimum absolute atomic E-state index is 0.116. The Morgan fingerprint density at radius 2 is 2.17 bits per heavy atom. The molecule has 1 aliphatic rings. The summed E-state index contributed by atoms with van der Waals surface area (Å²) >= 11 is 2.36. The van der Waals surface area contributed by atoms with E-state index in [0.29, 0.717) is 3.92 Å². The van der Waals surface area contributed by atoms with E-state index in [1.165, 1.54) is 18.9 Å². The van der Waals surface area contributed by atoms with Crippen molar-refractivity contribution in [3.8, 4) is 0 Å². The van der Waals surface area contributed by atoms with Crippen molar-refractivity contribution >= 4 is 28.6 Å². The first-order valence-corrected chi connectivity index (χ1v) is 5.45. The second kappa shape index (κ2) is 4.84. The topological polar surface area (TPSA) is 26.3 Å². The average Bonchev–Trinajstić information content (AvgIpc) is 2.09. The number of ether oxygens (including phenoxy) is 1. The van der Waals surface area contributed by atoms with Crippen molar-refractivity contribution in [3.05, 3.63) is 12.7 Å². The second-order valence-corrected chi connectivity index (χ2v) is 4.58. The maximum Gasteiger partial charge on any atom is 0.330 e. The molecule has 0 aromatic heterocycles. The fourth-order valence-corrected chi connectivity index (χ4v) is 2.33. The Morgan fingerprint density at radius 3 is 2.75 bits per heavy atom. The molecule has 1 aliphatic carbocycles. The lowest BCUT2D eigenvalue weighted by atomic mass is 9.98. The molecule has 0 heterocycles. The van der Waals surface area contributed by atoms with Gasteiger partial charge in [0.05, 0.1) is 0 Å². The van der Waals surface area contributed by atoms with Gasteiger partial charge in [0.15, 0.2) is 0 Å². The van der Waals surface area contributed by atoms with Crippen LogP contribution in [-0.4, -0.2) is 16.0 Å². The van der Waals surface area contributed by atoms with Crippen LogP contribution >= 0.6 is 22.6 Å². The number of hydrogen-bond donors (Lipinski definition) is 0. The van der Waals surface area contributed by atoms with Gasteiger partial charge >= 0.3 is 5.97 Å². The van der Waals surface area contributed by atoms with Crippen molar-refractivity contribution in [2.45, 2.75) is 35.7 Å². The van der Waals surface area contributed by atoms with E-state index in [-0.39, 0.29) is 12.1 Å². The van der Waals surface area contributed by atoms with Crippen LogP contribution in [0.2, 0.25) is 0 Å². The van der Waals surface area contributed by atoms with Crippen LogP contribution in [0.3, 0.4) is 0 Å². The van der Waals surface area contributed by atoms with E-state index in [1.54, 1.807) is 0 Å². The highest BCUT2D eigenvalue weighted by molar-refractivity contribution is 14.1. The Labute approximate surface area is 86.5 Å². The maximum absolute atomic E-state index is 10.9. The first-order valence-electron chi connectivity index (χ1n) is 4.21. The zero-order valence-corrected chi connectivity index (χ0v) is 9.12. The van der Waals surface area contributed by atoms with Gasteiger partial charge in [0, 0.05) is 10.0 Å². The van der Waals surface area contributed by atoms with Gasteiger partial charge in [0.2, 0.25) is 0 Å². The largest absolute Gasteiger partial charge is 0.458 e. The molecule has 68 valence electrons. The van der Waals surface area contributed by atoms with E-state index in [9.17, 15) is 4.79 Å². The molecule has 0 aromatic rings. The number of hydrogen-bond acceptors (Lipinski definition) is 2. The summed E-state index contributed by atoms with van der Waals surface area (Å²) in [5.41, 5.74) is 0. The number of rotatable bonds is 2. The van der Waals surface area contributed by atoms with E-state index in [2.05, 4.69) is 29.2 Å². The first-order chi connectivity index (χ1) is 5.74. The quantitative estimate of drug-likeness (QED) is 0.336. The third-order valence-corrected chi connectivity index (χ3v) is 3.48. The molecule has 0 aliphatic heterocycles. The monoisotopic (exact) mass is 280 g/mol.